The van der Waals surface area contributed by atoms with Crippen LogP contribution in [0.4, 0.5) is 0 Å². The van der Waals surface area contributed by atoms with Crippen molar-refractivity contribution in [2.24, 2.45) is 5.92 Å². The highest BCUT2D eigenvalue weighted by Gasteiger charge is 2.25. The average molecular weight is 165 g/mol. The highest BCUT2D eigenvalue weighted by atomic mass is 16.5. The molecule has 0 rings (SSSR count). The van der Waals surface area contributed by atoms with Gasteiger partial charge in [0.25, 0.3) is 0 Å². The smallest absolute Gasteiger partial charge is 0.127 e. The summed E-state index contributed by atoms with van der Waals surface area (Å²) in [7, 11) is 0. The maximum Gasteiger partial charge on any atom is 0.127 e. The second-order valence-electron chi connectivity index (χ2n) is 3.16. The van der Waals surface area contributed by atoms with Crippen LogP contribution in [-0.4, -0.2) is 12.2 Å². The van der Waals surface area contributed by atoms with Crippen LogP contribution in [0.1, 0.15) is 27.2 Å². The molecule has 1 unspecified atom stereocenters. The van der Waals surface area contributed by atoms with Crippen molar-refractivity contribution in [2.75, 3.05) is 6.61 Å². The van der Waals surface area contributed by atoms with E-state index in [1.54, 1.807) is 0 Å². The van der Waals surface area contributed by atoms with Gasteiger partial charge in [0.2, 0.25) is 0 Å². The molecule has 2 heteroatoms. The van der Waals surface area contributed by atoms with Crippen molar-refractivity contribution in [1.82, 2.24) is 0 Å². The SMILES string of the molecule is C#CC(C)(OCCC#N)C(C)C. The molecule has 0 saturated carbocycles. The molecule has 0 saturated heterocycles. The third kappa shape index (κ3) is 2.95. The summed E-state index contributed by atoms with van der Waals surface area (Å²) in [6, 6.07) is 2.01. The first kappa shape index (κ1) is 11.0. The summed E-state index contributed by atoms with van der Waals surface area (Å²) >= 11 is 0. The van der Waals surface area contributed by atoms with Gasteiger partial charge < -0.3 is 4.74 Å². The molecule has 12 heavy (non-hydrogen) atoms. The lowest BCUT2D eigenvalue weighted by Gasteiger charge is -2.27. The fourth-order valence-corrected chi connectivity index (χ4v) is 0.684. The first-order valence-corrected chi connectivity index (χ1v) is 4.05. The maximum absolute atomic E-state index is 8.29. The highest BCUT2D eigenvalue weighted by Crippen LogP contribution is 2.20. The third-order valence-corrected chi connectivity index (χ3v) is 2.00. The van der Waals surface area contributed by atoms with Gasteiger partial charge in [0.05, 0.1) is 19.1 Å². The number of nitriles is 1. The zero-order chi connectivity index (χ0) is 9.61. The standard InChI is InChI=1S/C10H15NO/c1-5-10(4,9(2)3)12-8-6-7-11/h1,9H,6,8H2,2-4H3. The maximum atomic E-state index is 8.29. The Morgan fingerprint density at radius 2 is 2.17 bits per heavy atom. The van der Waals surface area contributed by atoms with Gasteiger partial charge in [-0.3, -0.25) is 0 Å². The van der Waals surface area contributed by atoms with E-state index in [1.807, 2.05) is 26.8 Å². The number of ether oxygens (including phenoxy) is 1. The molecule has 0 amide bonds. The molecule has 0 fully saturated rings. The summed E-state index contributed by atoms with van der Waals surface area (Å²) in [4.78, 5) is 0. The van der Waals surface area contributed by atoms with Gasteiger partial charge in [-0.25, -0.2) is 0 Å². The first-order valence-electron chi connectivity index (χ1n) is 4.05. The Morgan fingerprint density at radius 1 is 1.58 bits per heavy atom. The number of terminal acetylenes is 1. The summed E-state index contributed by atoms with van der Waals surface area (Å²) in [6.45, 7) is 6.29. The highest BCUT2D eigenvalue weighted by molar-refractivity contribution is 5.07. The minimum absolute atomic E-state index is 0.265. The lowest BCUT2D eigenvalue weighted by Crippen LogP contribution is -2.33. The summed E-state index contributed by atoms with van der Waals surface area (Å²) in [5, 5.41) is 8.29. The molecule has 0 aliphatic carbocycles. The second-order valence-corrected chi connectivity index (χ2v) is 3.16. The average Bonchev–Trinajstić information content (AvgIpc) is 2.04. The van der Waals surface area contributed by atoms with Gasteiger partial charge >= 0.3 is 0 Å². The molecule has 66 valence electrons. The minimum Gasteiger partial charge on any atom is -0.361 e. The minimum atomic E-state index is -0.531. The van der Waals surface area contributed by atoms with Crippen LogP contribution in [0.15, 0.2) is 0 Å². The van der Waals surface area contributed by atoms with Crippen molar-refractivity contribution in [2.45, 2.75) is 32.8 Å². The van der Waals surface area contributed by atoms with Gasteiger partial charge in [0.1, 0.15) is 5.60 Å². The summed E-state index contributed by atoms with van der Waals surface area (Å²) < 4.78 is 5.42. The zero-order valence-electron chi connectivity index (χ0n) is 7.92. The molecule has 0 aliphatic rings. The van der Waals surface area contributed by atoms with Gasteiger partial charge in [0.15, 0.2) is 0 Å². The molecule has 2 nitrogen and oxygen atoms in total. The van der Waals surface area contributed by atoms with E-state index in [-0.39, 0.29) is 5.92 Å². The Labute approximate surface area is 74.5 Å². The van der Waals surface area contributed by atoms with Crippen LogP contribution in [0.3, 0.4) is 0 Å². The number of hydrogen-bond acceptors (Lipinski definition) is 2. The van der Waals surface area contributed by atoms with Crippen LogP contribution in [0.5, 0.6) is 0 Å². The summed E-state index contributed by atoms with van der Waals surface area (Å²) in [5.41, 5.74) is -0.531. The van der Waals surface area contributed by atoms with Crippen LogP contribution in [0, 0.1) is 29.6 Å². The normalized spacial score (nSPS) is 14.8. The van der Waals surface area contributed by atoms with Crippen LogP contribution >= 0.6 is 0 Å². The van der Waals surface area contributed by atoms with Crippen LogP contribution < -0.4 is 0 Å². The molecule has 1 atom stereocenters. The van der Waals surface area contributed by atoms with Gasteiger partial charge in [-0.05, 0) is 12.8 Å². The van der Waals surface area contributed by atoms with Gasteiger partial charge in [-0.15, -0.1) is 6.42 Å². The molecule has 0 spiro atoms. The van der Waals surface area contributed by atoms with Crippen LogP contribution in [0.25, 0.3) is 0 Å². The molecule has 0 aromatic rings. The Kier molecular flexibility index (Phi) is 4.40. The molecule has 0 heterocycles. The van der Waals surface area contributed by atoms with Gasteiger partial charge in [0, 0.05) is 0 Å². The van der Waals surface area contributed by atoms with Crippen LogP contribution in [0.2, 0.25) is 0 Å². The van der Waals surface area contributed by atoms with Crippen LogP contribution in [-0.2, 0) is 4.74 Å². The van der Waals surface area contributed by atoms with Crippen molar-refractivity contribution < 1.29 is 4.74 Å². The lowest BCUT2D eigenvalue weighted by molar-refractivity contribution is -0.0165. The molecular weight excluding hydrogens is 150 g/mol. The van der Waals surface area contributed by atoms with E-state index in [0.29, 0.717) is 13.0 Å². The Morgan fingerprint density at radius 3 is 2.50 bits per heavy atom. The van der Waals surface area contributed by atoms with Gasteiger partial charge in [-0.2, -0.15) is 5.26 Å². The fourth-order valence-electron chi connectivity index (χ4n) is 0.684. The molecule has 0 aromatic carbocycles. The number of hydrogen-bond donors (Lipinski definition) is 0. The Hall–Kier alpha value is -0.990. The molecule has 0 bridgehead atoms. The lowest BCUT2D eigenvalue weighted by atomic mass is 9.93. The van der Waals surface area contributed by atoms with Crippen molar-refractivity contribution in [3.05, 3.63) is 0 Å². The second kappa shape index (κ2) is 4.80. The molecule has 0 aromatic heterocycles. The van der Waals surface area contributed by atoms with Crippen molar-refractivity contribution in [3.63, 3.8) is 0 Å². The number of nitrogens with zero attached hydrogens (tertiary/aromatic N) is 1. The Bertz CT molecular complexity index is 209. The first-order chi connectivity index (χ1) is 5.56. The quantitative estimate of drug-likeness (QED) is 0.471. The topological polar surface area (TPSA) is 33.0 Å². The largest absolute Gasteiger partial charge is 0.361 e. The van der Waals surface area contributed by atoms with E-state index >= 15 is 0 Å². The molecule has 0 aliphatic heterocycles. The predicted octanol–water partition coefficient (Wildman–Crippen LogP) is 1.96. The van der Waals surface area contributed by atoms with E-state index < -0.39 is 5.60 Å². The monoisotopic (exact) mass is 165 g/mol. The van der Waals surface area contributed by atoms with Crippen molar-refractivity contribution in [1.29, 1.82) is 5.26 Å². The van der Waals surface area contributed by atoms with E-state index in [0.717, 1.165) is 0 Å². The zero-order valence-corrected chi connectivity index (χ0v) is 7.92. The van der Waals surface area contributed by atoms with E-state index in [2.05, 4.69) is 5.92 Å². The Balaban J connectivity index is 4.02. The molecule has 0 radical (unpaired) electrons. The third-order valence-electron chi connectivity index (χ3n) is 2.00. The molecule has 0 N–H and O–H groups in total. The number of rotatable bonds is 4. The summed E-state index contributed by atoms with van der Waals surface area (Å²) in [6.07, 6.45) is 5.73. The molecular formula is C10H15NO. The fraction of sp³-hybridized carbons (Fsp3) is 0.700. The summed E-state index contributed by atoms with van der Waals surface area (Å²) in [5.74, 6) is 2.87. The predicted molar refractivity (Wildman–Crippen MR) is 48.3 cm³/mol. The van der Waals surface area contributed by atoms with E-state index in [9.17, 15) is 0 Å². The van der Waals surface area contributed by atoms with Crippen molar-refractivity contribution in [3.8, 4) is 18.4 Å². The van der Waals surface area contributed by atoms with Crippen molar-refractivity contribution >= 4 is 0 Å². The van der Waals surface area contributed by atoms with Gasteiger partial charge in [-0.1, -0.05) is 19.8 Å². The van der Waals surface area contributed by atoms with E-state index in [4.69, 9.17) is 16.4 Å². The van der Waals surface area contributed by atoms with E-state index in [1.165, 1.54) is 0 Å².